The number of carboxylic acid groups (broad SMARTS) is 1. The molecular formula is C12H14N2O4S. The van der Waals surface area contributed by atoms with Crippen molar-refractivity contribution in [3.8, 4) is 0 Å². The van der Waals surface area contributed by atoms with Gasteiger partial charge in [-0.2, -0.15) is 0 Å². The molecule has 2 amide bonds. The third kappa shape index (κ3) is 2.21. The fourth-order valence-electron chi connectivity index (χ4n) is 2.38. The molecule has 102 valence electrons. The van der Waals surface area contributed by atoms with Crippen LogP contribution in [0, 0.1) is 17.3 Å². The molecular weight excluding hydrogens is 268 g/mol. The van der Waals surface area contributed by atoms with E-state index in [1.54, 1.807) is 19.2 Å². The van der Waals surface area contributed by atoms with E-state index >= 15 is 0 Å². The Hall–Kier alpha value is -1.89. The summed E-state index contributed by atoms with van der Waals surface area (Å²) < 4.78 is 0. The Morgan fingerprint density at radius 3 is 2.47 bits per heavy atom. The highest BCUT2D eigenvalue weighted by molar-refractivity contribution is 7.14. The maximum absolute atomic E-state index is 12.1. The van der Waals surface area contributed by atoms with Crippen molar-refractivity contribution in [1.82, 2.24) is 0 Å². The third-order valence-electron chi connectivity index (χ3n) is 3.54. The second kappa shape index (κ2) is 4.34. The molecule has 1 heterocycles. The Balaban J connectivity index is 2.13. The summed E-state index contributed by atoms with van der Waals surface area (Å²) in [5.74, 6) is -3.27. The molecule has 0 bridgehead atoms. The molecule has 19 heavy (non-hydrogen) atoms. The Bertz CT molecular complexity index is 564. The van der Waals surface area contributed by atoms with Crippen molar-refractivity contribution in [1.29, 1.82) is 0 Å². The number of carbonyl (C=O) groups is 3. The Morgan fingerprint density at radius 2 is 2.00 bits per heavy atom. The van der Waals surface area contributed by atoms with Crippen LogP contribution in [0.2, 0.25) is 0 Å². The van der Waals surface area contributed by atoms with E-state index in [1.807, 2.05) is 0 Å². The van der Waals surface area contributed by atoms with E-state index in [0.717, 1.165) is 0 Å². The largest absolute Gasteiger partial charge is 0.481 e. The first-order valence-corrected chi connectivity index (χ1v) is 6.55. The number of primary amides is 1. The average Bonchev–Trinajstić information content (AvgIpc) is 2.67. The molecule has 4 N–H and O–H groups in total. The lowest BCUT2D eigenvalue weighted by Crippen LogP contribution is -2.20. The molecule has 1 saturated carbocycles. The molecule has 0 aliphatic heterocycles. The topological polar surface area (TPSA) is 109 Å². The SMILES string of the molecule is CC1(C)[C@H](C(=O)O)[C@@H]1C(=O)Nc1sccc1C(N)=O. The summed E-state index contributed by atoms with van der Waals surface area (Å²) in [6.45, 7) is 3.47. The zero-order chi connectivity index (χ0) is 14.4. The van der Waals surface area contributed by atoms with Gasteiger partial charge in [-0.05, 0) is 16.9 Å². The number of nitrogens with one attached hydrogen (secondary N) is 1. The van der Waals surface area contributed by atoms with E-state index in [0.29, 0.717) is 5.00 Å². The second-order valence-electron chi connectivity index (χ2n) is 5.13. The van der Waals surface area contributed by atoms with E-state index in [4.69, 9.17) is 10.8 Å². The van der Waals surface area contributed by atoms with Crippen molar-refractivity contribution in [3.63, 3.8) is 0 Å². The molecule has 1 aromatic rings. The summed E-state index contributed by atoms with van der Waals surface area (Å²) in [7, 11) is 0. The maximum Gasteiger partial charge on any atom is 0.307 e. The van der Waals surface area contributed by atoms with Crippen molar-refractivity contribution in [2.24, 2.45) is 23.0 Å². The molecule has 1 aliphatic carbocycles. The molecule has 0 spiro atoms. The van der Waals surface area contributed by atoms with Gasteiger partial charge in [0.05, 0.1) is 17.4 Å². The van der Waals surface area contributed by atoms with Crippen molar-refractivity contribution in [2.75, 3.05) is 5.32 Å². The van der Waals surface area contributed by atoms with Crippen LogP contribution in [-0.4, -0.2) is 22.9 Å². The molecule has 1 aromatic heterocycles. The summed E-state index contributed by atoms with van der Waals surface area (Å²) in [6, 6.07) is 1.52. The first-order chi connectivity index (χ1) is 8.76. The summed E-state index contributed by atoms with van der Waals surface area (Å²) in [4.78, 5) is 34.2. The minimum Gasteiger partial charge on any atom is -0.481 e. The number of hydrogen-bond acceptors (Lipinski definition) is 4. The monoisotopic (exact) mass is 282 g/mol. The smallest absolute Gasteiger partial charge is 0.307 e. The molecule has 0 saturated heterocycles. The van der Waals surface area contributed by atoms with Crippen LogP contribution in [0.4, 0.5) is 5.00 Å². The van der Waals surface area contributed by atoms with Crippen LogP contribution in [-0.2, 0) is 9.59 Å². The van der Waals surface area contributed by atoms with Crippen LogP contribution >= 0.6 is 11.3 Å². The lowest BCUT2D eigenvalue weighted by molar-refractivity contribution is -0.140. The lowest BCUT2D eigenvalue weighted by atomic mass is 10.1. The van der Waals surface area contributed by atoms with Gasteiger partial charge in [-0.3, -0.25) is 14.4 Å². The maximum atomic E-state index is 12.1. The van der Waals surface area contributed by atoms with Gasteiger partial charge in [0, 0.05) is 0 Å². The van der Waals surface area contributed by atoms with Crippen molar-refractivity contribution < 1.29 is 19.5 Å². The molecule has 2 atom stereocenters. The molecule has 0 unspecified atom stereocenters. The molecule has 2 rings (SSSR count). The molecule has 0 radical (unpaired) electrons. The normalized spacial score (nSPS) is 23.7. The lowest BCUT2D eigenvalue weighted by Gasteiger charge is -2.05. The fraction of sp³-hybridized carbons (Fsp3) is 0.417. The molecule has 6 nitrogen and oxygen atoms in total. The molecule has 1 aliphatic rings. The summed E-state index contributed by atoms with van der Waals surface area (Å²) in [5.41, 5.74) is 4.85. The van der Waals surface area contributed by atoms with Gasteiger partial charge in [0.25, 0.3) is 5.91 Å². The minimum absolute atomic E-state index is 0.240. The van der Waals surface area contributed by atoms with E-state index in [1.165, 1.54) is 17.4 Å². The highest BCUT2D eigenvalue weighted by Crippen LogP contribution is 2.58. The summed E-state index contributed by atoms with van der Waals surface area (Å²) in [6.07, 6.45) is 0. The molecule has 0 aromatic carbocycles. The van der Waals surface area contributed by atoms with Crippen LogP contribution < -0.4 is 11.1 Å². The number of nitrogens with two attached hydrogens (primary N) is 1. The second-order valence-corrected chi connectivity index (χ2v) is 6.05. The fourth-order valence-corrected chi connectivity index (χ4v) is 3.17. The number of anilines is 1. The standard InChI is InChI=1S/C12H14N2O4S/c1-12(2)6(7(12)11(17)18)9(16)14-10-5(8(13)15)3-4-19-10/h3-4,6-7H,1-2H3,(H2,13,15)(H,14,16)(H,17,18)/t6-,7+/m1/s1. The number of thiophene rings is 1. The summed E-state index contributed by atoms with van der Waals surface area (Å²) in [5, 5.41) is 13.6. The minimum atomic E-state index is -0.980. The van der Waals surface area contributed by atoms with Crippen molar-refractivity contribution in [3.05, 3.63) is 17.0 Å². The Kier molecular flexibility index (Phi) is 3.09. The van der Waals surface area contributed by atoms with Crippen LogP contribution in [0.3, 0.4) is 0 Å². The van der Waals surface area contributed by atoms with Crippen molar-refractivity contribution >= 4 is 34.1 Å². The van der Waals surface area contributed by atoms with E-state index in [9.17, 15) is 14.4 Å². The quantitative estimate of drug-likeness (QED) is 0.769. The average molecular weight is 282 g/mol. The number of hydrogen-bond donors (Lipinski definition) is 3. The summed E-state index contributed by atoms with van der Waals surface area (Å²) >= 11 is 1.18. The van der Waals surface area contributed by atoms with Gasteiger partial charge in [-0.1, -0.05) is 13.8 Å². The van der Waals surface area contributed by atoms with Crippen LogP contribution in [0.1, 0.15) is 24.2 Å². The van der Waals surface area contributed by atoms with Crippen LogP contribution in [0.15, 0.2) is 11.4 Å². The van der Waals surface area contributed by atoms with Crippen LogP contribution in [0.5, 0.6) is 0 Å². The Labute approximate surface area is 113 Å². The van der Waals surface area contributed by atoms with E-state index < -0.39 is 29.1 Å². The highest BCUT2D eigenvalue weighted by atomic mass is 32.1. The van der Waals surface area contributed by atoms with Gasteiger partial charge in [-0.15, -0.1) is 11.3 Å². The number of carbonyl (C=O) groups excluding carboxylic acids is 2. The Morgan fingerprint density at radius 1 is 1.37 bits per heavy atom. The molecule has 7 heteroatoms. The van der Waals surface area contributed by atoms with Gasteiger partial charge >= 0.3 is 5.97 Å². The van der Waals surface area contributed by atoms with Crippen molar-refractivity contribution in [2.45, 2.75) is 13.8 Å². The third-order valence-corrected chi connectivity index (χ3v) is 4.37. The first-order valence-electron chi connectivity index (χ1n) is 5.67. The number of aliphatic carboxylic acids is 1. The van der Waals surface area contributed by atoms with Gasteiger partial charge in [0.1, 0.15) is 5.00 Å². The van der Waals surface area contributed by atoms with E-state index in [-0.39, 0.29) is 11.5 Å². The van der Waals surface area contributed by atoms with Gasteiger partial charge in [-0.25, -0.2) is 0 Å². The highest BCUT2D eigenvalue weighted by Gasteiger charge is 2.65. The zero-order valence-electron chi connectivity index (χ0n) is 10.5. The zero-order valence-corrected chi connectivity index (χ0v) is 11.3. The van der Waals surface area contributed by atoms with Gasteiger partial charge < -0.3 is 16.2 Å². The van der Waals surface area contributed by atoms with Gasteiger partial charge in [0.2, 0.25) is 5.91 Å². The molecule has 1 fully saturated rings. The van der Waals surface area contributed by atoms with E-state index in [2.05, 4.69) is 5.32 Å². The predicted octanol–water partition coefficient (Wildman–Crippen LogP) is 1.14. The van der Waals surface area contributed by atoms with Crippen LogP contribution in [0.25, 0.3) is 0 Å². The number of rotatable bonds is 4. The number of carboxylic acids is 1. The number of amides is 2. The van der Waals surface area contributed by atoms with Gasteiger partial charge in [0.15, 0.2) is 0 Å². The predicted molar refractivity (Wildman–Crippen MR) is 69.9 cm³/mol. The first kappa shape index (κ1) is 13.5.